The highest BCUT2D eigenvalue weighted by Gasteiger charge is 2.33. The van der Waals surface area contributed by atoms with Gasteiger partial charge in [-0.2, -0.15) is 0 Å². The molecule has 0 bridgehead atoms. The van der Waals surface area contributed by atoms with Crippen LogP contribution in [0.15, 0.2) is 5.29 Å². The first kappa shape index (κ1) is 11.4. The van der Waals surface area contributed by atoms with E-state index >= 15 is 0 Å². The van der Waals surface area contributed by atoms with Gasteiger partial charge >= 0.3 is 0 Å². The van der Waals surface area contributed by atoms with E-state index in [0.29, 0.717) is 0 Å². The summed E-state index contributed by atoms with van der Waals surface area (Å²) in [5.74, 6) is 0. The third-order valence-electron chi connectivity index (χ3n) is 2.19. The molecule has 0 heterocycles. The van der Waals surface area contributed by atoms with E-state index in [1.165, 1.54) is 5.01 Å². The molecule has 4 heteroatoms. The standard InChI is InChI=1S/C8H18N2O2/c1-6(2)10(9-12)8(4,5)7(3)11/h6-7,11H,1-5H3. The number of aliphatic hydroxyl groups excluding tert-OH is 1. The minimum absolute atomic E-state index is 0.00657. The third-order valence-corrected chi connectivity index (χ3v) is 2.19. The van der Waals surface area contributed by atoms with Crippen LogP contribution in [-0.2, 0) is 0 Å². The molecule has 0 aromatic heterocycles. The molecule has 0 saturated carbocycles. The molecule has 0 saturated heterocycles. The van der Waals surface area contributed by atoms with Gasteiger partial charge in [-0.15, -0.1) is 4.91 Å². The molecule has 4 nitrogen and oxygen atoms in total. The molecule has 12 heavy (non-hydrogen) atoms. The van der Waals surface area contributed by atoms with Crippen molar-refractivity contribution < 1.29 is 5.11 Å². The Bertz CT molecular complexity index is 155. The summed E-state index contributed by atoms with van der Waals surface area (Å²) >= 11 is 0. The molecule has 1 unspecified atom stereocenters. The Kier molecular flexibility index (Phi) is 3.64. The molecule has 1 atom stereocenters. The lowest BCUT2D eigenvalue weighted by Gasteiger charge is -2.38. The molecule has 0 fully saturated rings. The van der Waals surface area contributed by atoms with Crippen LogP contribution in [0.4, 0.5) is 0 Å². The number of hydrogen-bond donors (Lipinski definition) is 1. The van der Waals surface area contributed by atoms with Crippen LogP contribution in [0.1, 0.15) is 34.6 Å². The van der Waals surface area contributed by atoms with Crippen molar-refractivity contribution in [2.45, 2.75) is 52.3 Å². The fraction of sp³-hybridized carbons (Fsp3) is 1.00. The summed E-state index contributed by atoms with van der Waals surface area (Å²) in [6.45, 7) is 8.97. The van der Waals surface area contributed by atoms with Crippen LogP contribution >= 0.6 is 0 Å². The predicted octanol–water partition coefficient (Wildman–Crippen LogP) is 1.54. The van der Waals surface area contributed by atoms with Gasteiger partial charge in [0.15, 0.2) is 0 Å². The van der Waals surface area contributed by atoms with E-state index in [9.17, 15) is 10.0 Å². The van der Waals surface area contributed by atoms with Gasteiger partial charge in [0.2, 0.25) is 0 Å². The van der Waals surface area contributed by atoms with Crippen molar-refractivity contribution >= 4 is 0 Å². The summed E-state index contributed by atoms with van der Waals surface area (Å²) in [7, 11) is 0. The number of aliphatic hydroxyl groups is 1. The minimum Gasteiger partial charge on any atom is -0.391 e. The maximum Gasteiger partial charge on any atom is 0.0813 e. The van der Waals surface area contributed by atoms with E-state index in [0.717, 1.165) is 0 Å². The van der Waals surface area contributed by atoms with Crippen LogP contribution in [0.25, 0.3) is 0 Å². The zero-order valence-corrected chi connectivity index (χ0v) is 8.40. The Balaban J connectivity index is 4.59. The topological polar surface area (TPSA) is 52.9 Å². The van der Waals surface area contributed by atoms with Gasteiger partial charge in [-0.1, -0.05) is 0 Å². The Hall–Kier alpha value is -0.640. The van der Waals surface area contributed by atoms with Gasteiger partial charge in [0.1, 0.15) is 0 Å². The van der Waals surface area contributed by atoms with Gasteiger partial charge in [0.05, 0.1) is 16.9 Å². The lowest BCUT2D eigenvalue weighted by atomic mass is 9.97. The Morgan fingerprint density at radius 1 is 1.33 bits per heavy atom. The van der Waals surface area contributed by atoms with E-state index in [-0.39, 0.29) is 6.04 Å². The van der Waals surface area contributed by atoms with E-state index in [1.54, 1.807) is 20.8 Å². The van der Waals surface area contributed by atoms with Crippen molar-refractivity contribution in [3.05, 3.63) is 4.91 Å². The highest BCUT2D eigenvalue weighted by atomic mass is 16.3. The van der Waals surface area contributed by atoms with Gasteiger partial charge in [0.25, 0.3) is 0 Å². The molecule has 1 N–H and O–H groups in total. The number of rotatable bonds is 4. The van der Waals surface area contributed by atoms with Crippen molar-refractivity contribution in [2.24, 2.45) is 5.29 Å². The van der Waals surface area contributed by atoms with Gasteiger partial charge in [-0.3, -0.25) is 5.01 Å². The molecule has 0 spiro atoms. The minimum atomic E-state index is -0.601. The second-order valence-electron chi connectivity index (χ2n) is 3.85. The molecule has 0 radical (unpaired) electrons. The van der Waals surface area contributed by atoms with Gasteiger partial charge < -0.3 is 5.11 Å². The second-order valence-corrected chi connectivity index (χ2v) is 3.85. The van der Waals surface area contributed by atoms with E-state index < -0.39 is 11.6 Å². The zero-order chi connectivity index (χ0) is 9.94. The molecule has 0 aliphatic heterocycles. The molecule has 0 aliphatic rings. The predicted molar refractivity (Wildman–Crippen MR) is 48.5 cm³/mol. The highest BCUT2D eigenvalue weighted by Crippen LogP contribution is 2.21. The van der Waals surface area contributed by atoms with Crippen LogP contribution in [0, 0.1) is 4.91 Å². The van der Waals surface area contributed by atoms with E-state index in [1.807, 2.05) is 13.8 Å². The molecular weight excluding hydrogens is 156 g/mol. The van der Waals surface area contributed by atoms with E-state index in [2.05, 4.69) is 5.29 Å². The summed E-state index contributed by atoms with van der Waals surface area (Å²) in [5.41, 5.74) is -0.601. The van der Waals surface area contributed by atoms with Gasteiger partial charge in [-0.25, -0.2) is 0 Å². The monoisotopic (exact) mass is 174 g/mol. The summed E-state index contributed by atoms with van der Waals surface area (Å²) < 4.78 is 0. The van der Waals surface area contributed by atoms with Gasteiger partial charge in [0, 0.05) is 6.04 Å². The van der Waals surface area contributed by atoms with Crippen molar-refractivity contribution in [1.82, 2.24) is 5.01 Å². The number of hydrogen-bond acceptors (Lipinski definition) is 3. The Labute approximate surface area is 73.5 Å². The van der Waals surface area contributed by atoms with E-state index in [4.69, 9.17) is 0 Å². The number of nitrogens with zero attached hydrogens (tertiary/aromatic N) is 2. The summed E-state index contributed by atoms with van der Waals surface area (Å²) in [6.07, 6.45) is -0.586. The maximum absolute atomic E-state index is 10.5. The number of nitroso groups, excluding NO2 is 1. The first-order chi connectivity index (χ1) is 5.34. The average molecular weight is 174 g/mol. The average Bonchev–Trinajstić information content (AvgIpc) is 1.86. The molecule has 0 aromatic carbocycles. The largest absolute Gasteiger partial charge is 0.391 e. The van der Waals surface area contributed by atoms with Crippen LogP contribution in [-0.4, -0.2) is 27.8 Å². The SMILES string of the molecule is CC(C)N(N=O)C(C)(C)C(C)O. The fourth-order valence-electron chi connectivity index (χ4n) is 1.06. The second kappa shape index (κ2) is 3.85. The molecule has 0 aliphatic carbocycles. The molecule has 0 amide bonds. The summed E-state index contributed by atoms with van der Waals surface area (Å²) in [6, 6.07) is 0.00657. The smallest absolute Gasteiger partial charge is 0.0813 e. The summed E-state index contributed by atoms with van der Waals surface area (Å²) in [5, 5.41) is 13.7. The van der Waals surface area contributed by atoms with Crippen LogP contribution in [0.2, 0.25) is 0 Å². The van der Waals surface area contributed by atoms with Crippen molar-refractivity contribution in [2.75, 3.05) is 0 Å². The molecular formula is C8H18N2O2. The maximum atomic E-state index is 10.5. The van der Waals surface area contributed by atoms with Crippen LogP contribution in [0.3, 0.4) is 0 Å². The fourth-order valence-corrected chi connectivity index (χ4v) is 1.06. The van der Waals surface area contributed by atoms with Crippen molar-refractivity contribution in [3.8, 4) is 0 Å². The first-order valence-electron chi connectivity index (χ1n) is 4.14. The van der Waals surface area contributed by atoms with Gasteiger partial charge in [-0.05, 0) is 34.6 Å². The van der Waals surface area contributed by atoms with Crippen LogP contribution in [0.5, 0.6) is 0 Å². The van der Waals surface area contributed by atoms with Crippen molar-refractivity contribution in [1.29, 1.82) is 0 Å². The lowest BCUT2D eigenvalue weighted by Crippen LogP contribution is -2.51. The first-order valence-corrected chi connectivity index (χ1v) is 4.14. The Morgan fingerprint density at radius 3 is 1.83 bits per heavy atom. The quantitative estimate of drug-likeness (QED) is 0.519. The zero-order valence-electron chi connectivity index (χ0n) is 8.40. The third kappa shape index (κ3) is 2.17. The van der Waals surface area contributed by atoms with Crippen LogP contribution < -0.4 is 0 Å². The lowest BCUT2D eigenvalue weighted by molar-refractivity contribution is -0.0172. The highest BCUT2D eigenvalue weighted by molar-refractivity contribution is 4.86. The molecule has 0 rings (SSSR count). The molecule has 72 valence electrons. The van der Waals surface area contributed by atoms with Crippen molar-refractivity contribution in [3.63, 3.8) is 0 Å². The molecule has 0 aromatic rings. The summed E-state index contributed by atoms with van der Waals surface area (Å²) in [4.78, 5) is 10.5. The normalized spacial score (nSPS) is 14.6. The Morgan fingerprint density at radius 2 is 1.75 bits per heavy atom.